The summed E-state index contributed by atoms with van der Waals surface area (Å²) in [7, 11) is 0. The van der Waals surface area contributed by atoms with E-state index in [4.69, 9.17) is 14.4 Å². The van der Waals surface area contributed by atoms with Crippen LogP contribution in [0.15, 0.2) is 10.6 Å². The lowest BCUT2D eigenvalue weighted by Gasteiger charge is -2.26. The third kappa shape index (κ3) is 4.04. The van der Waals surface area contributed by atoms with Gasteiger partial charge in [-0.3, -0.25) is 4.79 Å². The van der Waals surface area contributed by atoms with Crippen molar-refractivity contribution in [3.8, 4) is 0 Å². The first kappa shape index (κ1) is 14.5. The number of carbonyl (C=O) groups is 2. The van der Waals surface area contributed by atoms with E-state index in [1.807, 2.05) is 0 Å². The van der Waals surface area contributed by atoms with Gasteiger partial charge in [0.05, 0.1) is 19.8 Å². The second kappa shape index (κ2) is 7.01. The summed E-state index contributed by atoms with van der Waals surface area (Å²) in [4.78, 5) is 24.2. The molecular formula is C12H17N3O5. The molecule has 2 heterocycles. The highest BCUT2D eigenvalue weighted by Gasteiger charge is 2.16. The van der Waals surface area contributed by atoms with Gasteiger partial charge in [0.1, 0.15) is 0 Å². The molecule has 0 aliphatic carbocycles. The number of carbonyl (C=O) groups excluding carboxylic acids is 1. The Morgan fingerprint density at radius 2 is 2.15 bits per heavy atom. The van der Waals surface area contributed by atoms with Gasteiger partial charge in [0.25, 0.3) is 0 Å². The monoisotopic (exact) mass is 283 g/mol. The maximum atomic E-state index is 11.8. The predicted molar refractivity (Wildman–Crippen MR) is 67.2 cm³/mol. The molecule has 110 valence electrons. The van der Waals surface area contributed by atoms with Gasteiger partial charge >= 0.3 is 5.97 Å². The summed E-state index contributed by atoms with van der Waals surface area (Å²) in [5, 5.41) is 15.1. The second-order valence-corrected chi connectivity index (χ2v) is 4.40. The first-order valence-corrected chi connectivity index (χ1v) is 6.42. The summed E-state index contributed by atoms with van der Waals surface area (Å²) in [6, 6.07) is 1.36. The molecule has 1 aliphatic heterocycles. The Morgan fingerprint density at radius 1 is 1.40 bits per heavy atom. The highest BCUT2D eigenvalue weighted by atomic mass is 16.5. The van der Waals surface area contributed by atoms with Crippen LogP contribution in [0.1, 0.15) is 22.7 Å². The topological polar surface area (TPSA) is 105 Å². The minimum atomic E-state index is -1.12. The van der Waals surface area contributed by atoms with Gasteiger partial charge < -0.3 is 24.6 Å². The van der Waals surface area contributed by atoms with E-state index in [-0.39, 0.29) is 11.6 Å². The van der Waals surface area contributed by atoms with E-state index in [9.17, 15) is 9.59 Å². The molecule has 0 aromatic carbocycles. The number of carboxylic acids is 1. The zero-order valence-electron chi connectivity index (χ0n) is 11.0. The molecule has 0 radical (unpaired) electrons. The Hall–Kier alpha value is -1.93. The number of aromatic carboxylic acids is 1. The van der Waals surface area contributed by atoms with E-state index in [0.717, 1.165) is 0 Å². The summed E-state index contributed by atoms with van der Waals surface area (Å²) in [5.74, 6) is -0.603. The van der Waals surface area contributed by atoms with Crippen molar-refractivity contribution in [1.29, 1.82) is 0 Å². The van der Waals surface area contributed by atoms with Crippen LogP contribution in [-0.4, -0.2) is 59.9 Å². The average Bonchev–Trinajstić information content (AvgIpc) is 2.93. The van der Waals surface area contributed by atoms with Crippen molar-refractivity contribution in [2.75, 3.05) is 32.8 Å². The van der Waals surface area contributed by atoms with Crippen molar-refractivity contribution in [2.45, 2.75) is 13.0 Å². The SMILES string of the molecule is O=C(O)c1cc(CNCCC(=O)N2CCOCC2)on1. The van der Waals surface area contributed by atoms with Gasteiger partial charge in [-0.05, 0) is 0 Å². The largest absolute Gasteiger partial charge is 0.476 e. The van der Waals surface area contributed by atoms with E-state index in [2.05, 4.69) is 10.5 Å². The first-order chi connectivity index (χ1) is 9.66. The Labute approximate surface area is 115 Å². The van der Waals surface area contributed by atoms with Crippen LogP contribution in [0.2, 0.25) is 0 Å². The maximum absolute atomic E-state index is 11.8. The number of hydrogen-bond acceptors (Lipinski definition) is 6. The molecule has 8 nitrogen and oxygen atoms in total. The lowest BCUT2D eigenvalue weighted by molar-refractivity contribution is -0.135. The van der Waals surface area contributed by atoms with Crippen LogP contribution in [0.5, 0.6) is 0 Å². The molecule has 20 heavy (non-hydrogen) atoms. The first-order valence-electron chi connectivity index (χ1n) is 6.42. The van der Waals surface area contributed by atoms with E-state index in [0.29, 0.717) is 51.6 Å². The van der Waals surface area contributed by atoms with Gasteiger partial charge in [-0.1, -0.05) is 5.16 Å². The fraction of sp³-hybridized carbons (Fsp3) is 0.583. The quantitative estimate of drug-likeness (QED) is 0.691. The van der Waals surface area contributed by atoms with Crippen molar-refractivity contribution >= 4 is 11.9 Å². The fourth-order valence-electron chi connectivity index (χ4n) is 1.87. The molecule has 8 heteroatoms. The third-order valence-electron chi connectivity index (χ3n) is 2.96. The van der Waals surface area contributed by atoms with Crippen molar-refractivity contribution in [3.63, 3.8) is 0 Å². The molecular weight excluding hydrogens is 266 g/mol. The summed E-state index contributed by atoms with van der Waals surface area (Å²) in [5.41, 5.74) is -0.119. The molecule has 1 aliphatic rings. The van der Waals surface area contributed by atoms with Crippen molar-refractivity contribution < 1.29 is 24.0 Å². The van der Waals surface area contributed by atoms with Crippen LogP contribution in [0.25, 0.3) is 0 Å². The van der Waals surface area contributed by atoms with Gasteiger partial charge in [-0.25, -0.2) is 4.79 Å². The predicted octanol–water partition coefficient (Wildman–Crippen LogP) is -0.289. The zero-order chi connectivity index (χ0) is 14.4. The van der Waals surface area contributed by atoms with E-state index < -0.39 is 5.97 Å². The van der Waals surface area contributed by atoms with Crippen LogP contribution in [-0.2, 0) is 16.1 Å². The summed E-state index contributed by atoms with van der Waals surface area (Å²) in [6.07, 6.45) is 0.389. The minimum Gasteiger partial charge on any atom is -0.476 e. The number of amides is 1. The van der Waals surface area contributed by atoms with Gasteiger partial charge in [-0.15, -0.1) is 0 Å². The van der Waals surface area contributed by atoms with Crippen LogP contribution in [0, 0.1) is 0 Å². The number of ether oxygens (including phenoxy) is 1. The minimum absolute atomic E-state index is 0.0876. The van der Waals surface area contributed by atoms with Crippen LogP contribution in [0.3, 0.4) is 0 Å². The van der Waals surface area contributed by atoms with E-state index in [1.165, 1.54) is 6.07 Å². The van der Waals surface area contributed by atoms with Gasteiger partial charge in [-0.2, -0.15) is 0 Å². The van der Waals surface area contributed by atoms with E-state index >= 15 is 0 Å². The summed E-state index contributed by atoms with van der Waals surface area (Å²) >= 11 is 0. The average molecular weight is 283 g/mol. The standard InChI is InChI=1S/C12H17N3O5/c16-11(15-3-5-19-6-4-15)1-2-13-8-9-7-10(12(17)18)14-20-9/h7,13H,1-6,8H2,(H,17,18). The molecule has 1 aromatic heterocycles. The number of nitrogens with zero attached hydrogens (tertiary/aromatic N) is 2. The summed E-state index contributed by atoms with van der Waals surface area (Å²) in [6.45, 7) is 3.31. The molecule has 0 unspecified atom stereocenters. The van der Waals surface area contributed by atoms with Crippen LogP contribution >= 0.6 is 0 Å². The molecule has 1 saturated heterocycles. The lowest BCUT2D eigenvalue weighted by Crippen LogP contribution is -2.41. The van der Waals surface area contributed by atoms with Crippen LogP contribution < -0.4 is 5.32 Å². The third-order valence-corrected chi connectivity index (χ3v) is 2.96. The molecule has 1 aromatic rings. The number of rotatable bonds is 6. The Kier molecular flexibility index (Phi) is 5.08. The highest BCUT2D eigenvalue weighted by molar-refractivity contribution is 5.85. The van der Waals surface area contributed by atoms with Crippen LogP contribution in [0.4, 0.5) is 0 Å². The molecule has 0 atom stereocenters. The molecule has 1 amide bonds. The number of hydrogen-bond donors (Lipinski definition) is 2. The normalized spacial score (nSPS) is 15.3. The van der Waals surface area contributed by atoms with E-state index in [1.54, 1.807) is 4.90 Å². The Morgan fingerprint density at radius 3 is 2.80 bits per heavy atom. The summed E-state index contributed by atoms with van der Waals surface area (Å²) < 4.78 is 10.0. The molecule has 0 bridgehead atoms. The number of aromatic nitrogens is 1. The molecule has 2 rings (SSSR count). The fourth-order valence-corrected chi connectivity index (χ4v) is 1.87. The van der Waals surface area contributed by atoms with Gasteiger partial charge in [0, 0.05) is 32.1 Å². The van der Waals surface area contributed by atoms with Crippen molar-refractivity contribution in [1.82, 2.24) is 15.4 Å². The van der Waals surface area contributed by atoms with Crippen molar-refractivity contribution in [3.05, 3.63) is 17.5 Å². The number of morpholine rings is 1. The molecule has 1 fully saturated rings. The Balaban J connectivity index is 1.65. The lowest BCUT2D eigenvalue weighted by atomic mass is 10.3. The second-order valence-electron chi connectivity index (χ2n) is 4.40. The molecule has 0 saturated carbocycles. The highest BCUT2D eigenvalue weighted by Crippen LogP contribution is 2.03. The number of carboxylic acid groups (broad SMARTS) is 1. The maximum Gasteiger partial charge on any atom is 0.358 e. The zero-order valence-corrected chi connectivity index (χ0v) is 11.0. The van der Waals surface area contributed by atoms with Gasteiger partial charge in [0.15, 0.2) is 11.5 Å². The molecule has 2 N–H and O–H groups in total. The smallest absolute Gasteiger partial charge is 0.358 e. The van der Waals surface area contributed by atoms with Crippen molar-refractivity contribution in [2.24, 2.45) is 0 Å². The number of nitrogens with one attached hydrogen (secondary N) is 1. The van der Waals surface area contributed by atoms with Gasteiger partial charge in [0.2, 0.25) is 5.91 Å². The Bertz CT molecular complexity index is 467. The molecule has 0 spiro atoms.